The quantitative estimate of drug-likeness (QED) is 0.607. The van der Waals surface area contributed by atoms with Crippen LogP contribution in [0.15, 0.2) is 0 Å². The lowest BCUT2D eigenvalue weighted by molar-refractivity contribution is -0.120. The Morgan fingerprint density at radius 2 is 2.09 bits per heavy atom. The maximum atomic E-state index is 10.7. The molecule has 68 valence electrons. The Kier molecular flexibility index (Phi) is 11.8. The lowest BCUT2D eigenvalue weighted by Crippen LogP contribution is -2.32. The van der Waals surface area contributed by atoms with Gasteiger partial charge in [-0.05, 0) is 13.5 Å². The molecule has 0 aromatic rings. The van der Waals surface area contributed by atoms with E-state index < -0.39 is 0 Å². The summed E-state index contributed by atoms with van der Waals surface area (Å²) in [5.74, 6) is 0.0796. The van der Waals surface area contributed by atoms with E-state index >= 15 is 0 Å². The average Bonchev–Trinajstić information content (AvgIpc) is 1.89. The molecule has 0 aromatic heterocycles. The SMILES string of the molecule is CCCCNC(=O)CNC.Cl. The molecule has 0 saturated carbocycles. The van der Waals surface area contributed by atoms with Gasteiger partial charge in [-0.25, -0.2) is 0 Å². The fraction of sp³-hybridized carbons (Fsp3) is 0.857. The third-order valence-corrected chi connectivity index (χ3v) is 1.19. The van der Waals surface area contributed by atoms with Crippen molar-refractivity contribution in [2.75, 3.05) is 20.1 Å². The lowest BCUT2D eigenvalue weighted by Gasteiger charge is -2.01. The van der Waals surface area contributed by atoms with Crippen molar-refractivity contribution in [3.8, 4) is 0 Å². The summed E-state index contributed by atoms with van der Waals surface area (Å²) in [6.45, 7) is 3.32. The molecule has 0 saturated heterocycles. The molecule has 0 radical (unpaired) electrons. The highest BCUT2D eigenvalue weighted by Gasteiger charge is 1.94. The minimum absolute atomic E-state index is 0. The molecule has 0 aliphatic heterocycles. The first-order valence-corrected chi connectivity index (χ1v) is 3.72. The van der Waals surface area contributed by atoms with Crippen LogP contribution in [0.4, 0.5) is 0 Å². The van der Waals surface area contributed by atoms with E-state index in [1.54, 1.807) is 7.05 Å². The summed E-state index contributed by atoms with van der Waals surface area (Å²) in [6.07, 6.45) is 2.19. The van der Waals surface area contributed by atoms with Gasteiger partial charge in [-0.15, -0.1) is 12.4 Å². The lowest BCUT2D eigenvalue weighted by atomic mass is 10.3. The smallest absolute Gasteiger partial charge is 0.233 e. The van der Waals surface area contributed by atoms with Crippen LogP contribution in [0.25, 0.3) is 0 Å². The largest absolute Gasteiger partial charge is 0.355 e. The van der Waals surface area contributed by atoms with Gasteiger partial charge in [0, 0.05) is 6.54 Å². The maximum Gasteiger partial charge on any atom is 0.233 e. The van der Waals surface area contributed by atoms with Crippen molar-refractivity contribution in [3.05, 3.63) is 0 Å². The highest BCUT2D eigenvalue weighted by molar-refractivity contribution is 5.85. The van der Waals surface area contributed by atoms with Gasteiger partial charge in [0.2, 0.25) is 5.91 Å². The van der Waals surface area contributed by atoms with E-state index in [9.17, 15) is 4.79 Å². The maximum absolute atomic E-state index is 10.7. The third-order valence-electron chi connectivity index (χ3n) is 1.19. The van der Waals surface area contributed by atoms with Crippen LogP contribution in [0.2, 0.25) is 0 Å². The van der Waals surface area contributed by atoms with Crippen molar-refractivity contribution < 1.29 is 4.79 Å². The monoisotopic (exact) mass is 180 g/mol. The minimum Gasteiger partial charge on any atom is -0.355 e. The van der Waals surface area contributed by atoms with E-state index in [1.165, 1.54) is 0 Å². The normalized spacial score (nSPS) is 8.55. The molecule has 0 atom stereocenters. The molecule has 0 bridgehead atoms. The van der Waals surface area contributed by atoms with E-state index in [0.717, 1.165) is 19.4 Å². The number of rotatable bonds is 5. The topological polar surface area (TPSA) is 41.1 Å². The zero-order valence-corrected chi connectivity index (χ0v) is 7.96. The molecule has 0 aromatic carbocycles. The van der Waals surface area contributed by atoms with E-state index in [2.05, 4.69) is 17.6 Å². The molecule has 0 spiro atoms. The van der Waals surface area contributed by atoms with Gasteiger partial charge >= 0.3 is 0 Å². The first-order chi connectivity index (χ1) is 4.81. The number of amides is 1. The number of carbonyl (C=O) groups excluding carboxylic acids is 1. The average molecular weight is 181 g/mol. The van der Waals surface area contributed by atoms with Crippen LogP contribution < -0.4 is 10.6 Å². The zero-order chi connectivity index (χ0) is 7.82. The van der Waals surface area contributed by atoms with Gasteiger partial charge in [-0.2, -0.15) is 0 Å². The Morgan fingerprint density at radius 1 is 1.45 bits per heavy atom. The predicted octanol–water partition coefficient (Wildman–Crippen LogP) is 0.544. The van der Waals surface area contributed by atoms with Gasteiger partial charge in [0.05, 0.1) is 6.54 Å². The third kappa shape index (κ3) is 9.72. The van der Waals surface area contributed by atoms with Gasteiger partial charge in [0.15, 0.2) is 0 Å². The molecule has 3 nitrogen and oxygen atoms in total. The zero-order valence-electron chi connectivity index (χ0n) is 7.14. The van der Waals surface area contributed by atoms with Gasteiger partial charge in [0.25, 0.3) is 0 Å². The number of carbonyl (C=O) groups is 1. The van der Waals surface area contributed by atoms with Crippen LogP contribution in [-0.2, 0) is 4.79 Å². The van der Waals surface area contributed by atoms with Crippen molar-refractivity contribution in [1.82, 2.24) is 10.6 Å². The summed E-state index contributed by atoms with van der Waals surface area (Å²) in [7, 11) is 1.76. The standard InChI is InChI=1S/C7H16N2O.ClH/c1-3-4-5-9-7(10)6-8-2;/h8H,3-6H2,1-2H3,(H,9,10);1H. The van der Waals surface area contributed by atoms with Crippen molar-refractivity contribution in [2.24, 2.45) is 0 Å². The number of hydrogen-bond donors (Lipinski definition) is 2. The Morgan fingerprint density at radius 3 is 2.55 bits per heavy atom. The van der Waals surface area contributed by atoms with Gasteiger partial charge in [0.1, 0.15) is 0 Å². The van der Waals surface area contributed by atoms with E-state index in [4.69, 9.17) is 0 Å². The van der Waals surface area contributed by atoms with Gasteiger partial charge < -0.3 is 10.6 Å². The molecule has 0 fully saturated rings. The first kappa shape index (κ1) is 13.3. The van der Waals surface area contributed by atoms with Crippen molar-refractivity contribution in [2.45, 2.75) is 19.8 Å². The second kappa shape index (κ2) is 9.72. The Bertz CT molecular complexity index is 98.4. The molecule has 4 heteroatoms. The van der Waals surface area contributed by atoms with Gasteiger partial charge in [-0.3, -0.25) is 4.79 Å². The predicted molar refractivity (Wildman–Crippen MR) is 49.1 cm³/mol. The van der Waals surface area contributed by atoms with E-state index in [0.29, 0.717) is 6.54 Å². The first-order valence-electron chi connectivity index (χ1n) is 3.72. The molecule has 0 rings (SSSR count). The number of nitrogens with one attached hydrogen (secondary N) is 2. The van der Waals surface area contributed by atoms with Crippen LogP contribution in [0.1, 0.15) is 19.8 Å². The van der Waals surface area contributed by atoms with Crippen LogP contribution in [-0.4, -0.2) is 26.0 Å². The number of likely N-dealkylation sites (N-methyl/N-ethyl adjacent to an activating group) is 1. The summed E-state index contributed by atoms with van der Waals surface area (Å²) in [5, 5.41) is 5.57. The Labute approximate surface area is 74.3 Å². The molecule has 11 heavy (non-hydrogen) atoms. The molecular weight excluding hydrogens is 164 g/mol. The van der Waals surface area contributed by atoms with Crippen LogP contribution in [0.5, 0.6) is 0 Å². The highest BCUT2D eigenvalue weighted by atomic mass is 35.5. The fourth-order valence-corrected chi connectivity index (χ4v) is 0.628. The van der Waals surface area contributed by atoms with E-state index in [1.807, 2.05) is 0 Å². The molecule has 1 amide bonds. The summed E-state index contributed by atoms with van der Waals surface area (Å²) in [5.41, 5.74) is 0. The van der Waals surface area contributed by atoms with Crippen molar-refractivity contribution in [3.63, 3.8) is 0 Å². The van der Waals surface area contributed by atoms with Crippen LogP contribution >= 0.6 is 12.4 Å². The summed E-state index contributed by atoms with van der Waals surface area (Å²) < 4.78 is 0. The molecule has 0 aliphatic carbocycles. The number of hydrogen-bond acceptors (Lipinski definition) is 2. The second-order valence-electron chi connectivity index (χ2n) is 2.23. The second-order valence-corrected chi connectivity index (χ2v) is 2.23. The molecule has 2 N–H and O–H groups in total. The van der Waals surface area contributed by atoms with E-state index in [-0.39, 0.29) is 18.3 Å². The molecule has 0 aliphatic rings. The molecule has 0 heterocycles. The number of unbranched alkanes of at least 4 members (excludes halogenated alkanes) is 1. The van der Waals surface area contributed by atoms with Crippen molar-refractivity contribution >= 4 is 18.3 Å². The van der Waals surface area contributed by atoms with Crippen LogP contribution in [0.3, 0.4) is 0 Å². The number of halogens is 1. The summed E-state index contributed by atoms with van der Waals surface area (Å²) in [6, 6.07) is 0. The summed E-state index contributed by atoms with van der Waals surface area (Å²) >= 11 is 0. The molecule has 0 unspecified atom stereocenters. The van der Waals surface area contributed by atoms with Crippen LogP contribution in [0, 0.1) is 0 Å². The fourth-order valence-electron chi connectivity index (χ4n) is 0.628. The Hall–Kier alpha value is -0.280. The highest BCUT2D eigenvalue weighted by Crippen LogP contribution is 1.81. The summed E-state index contributed by atoms with van der Waals surface area (Å²) in [4.78, 5) is 10.7. The van der Waals surface area contributed by atoms with Crippen molar-refractivity contribution in [1.29, 1.82) is 0 Å². The van der Waals surface area contributed by atoms with Gasteiger partial charge in [-0.1, -0.05) is 13.3 Å². The molecular formula is C7H17ClN2O. The minimum atomic E-state index is 0. The Balaban J connectivity index is 0.